The van der Waals surface area contributed by atoms with Crippen molar-refractivity contribution in [2.24, 2.45) is 0 Å². The molecule has 1 aromatic heterocycles. The van der Waals surface area contributed by atoms with Gasteiger partial charge in [-0.3, -0.25) is 0 Å². The van der Waals surface area contributed by atoms with E-state index in [-0.39, 0.29) is 0 Å². The first-order chi connectivity index (χ1) is 15.1. The minimum absolute atomic E-state index is 0.538. The molecule has 3 aromatic rings. The van der Waals surface area contributed by atoms with E-state index in [1.54, 1.807) is 0 Å². The molecule has 0 bridgehead atoms. The standard InChI is InChI=1S/C26H32ClNO3/c1-5-8-13-29-23-17-24(30-14-9-6-2)22(27)16-21(23)26-25(18(4)28-31-26)20-12-10-11-19(7-3)15-20/h10-12,15-17H,5-9,13-14H2,1-4H3. The number of nitrogens with zero attached hydrogens (tertiary/aromatic N) is 1. The summed E-state index contributed by atoms with van der Waals surface area (Å²) in [7, 11) is 0. The maximum Gasteiger partial charge on any atom is 0.178 e. The lowest BCUT2D eigenvalue weighted by Crippen LogP contribution is -2.01. The highest BCUT2D eigenvalue weighted by atomic mass is 35.5. The van der Waals surface area contributed by atoms with Crippen molar-refractivity contribution in [1.29, 1.82) is 0 Å². The first-order valence-corrected chi connectivity index (χ1v) is 11.6. The Morgan fingerprint density at radius 3 is 2.32 bits per heavy atom. The van der Waals surface area contributed by atoms with Crippen molar-refractivity contribution < 1.29 is 14.0 Å². The monoisotopic (exact) mass is 441 g/mol. The van der Waals surface area contributed by atoms with Crippen LogP contribution in [0, 0.1) is 6.92 Å². The van der Waals surface area contributed by atoms with E-state index < -0.39 is 0 Å². The molecule has 2 aromatic carbocycles. The summed E-state index contributed by atoms with van der Waals surface area (Å²) >= 11 is 6.60. The van der Waals surface area contributed by atoms with Gasteiger partial charge >= 0.3 is 0 Å². The molecule has 1 heterocycles. The van der Waals surface area contributed by atoms with Crippen LogP contribution in [-0.2, 0) is 6.42 Å². The summed E-state index contributed by atoms with van der Waals surface area (Å²) in [6, 6.07) is 12.2. The predicted octanol–water partition coefficient (Wildman–Crippen LogP) is 7.89. The highest BCUT2D eigenvalue weighted by Gasteiger charge is 2.22. The zero-order valence-corrected chi connectivity index (χ0v) is 19.7. The van der Waals surface area contributed by atoms with Gasteiger partial charge in [-0.15, -0.1) is 0 Å². The van der Waals surface area contributed by atoms with Gasteiger partial charge in [-0.2, -0.15) is 0 Å². The van der Waals surface area contributed by atoms with Crippen LogP contribution in [0.25, 0.3) is 22.5 Å². The van der Waals surface area contributed by atoms with E-state index in [0.29, 0.717) is 35.5 Å². The maximum atomic E-state index is 6.60. The number of rotatable bonds is 11. The van der Waals surface area contributed by atoms with Crippen LogP contribution in [0.15, 0.2) is 40.9 Å². The van der Waals surface area contributed by atoms with Crippen LogP contribution >= 0.6 is 11.6 Å². The molecule has 0 fully saturated rings. The smallest absolute Gasteiger partial charge is 0.178 e. The van der Waals surface area contributed by atoms with Crippen molar-refractivity contribution in [3.05, 3.63) is 52.7 Å². The van der Waals surface area contributed by atoms with Gasteiger partial charge in [-0.25, -0.2) is 0 Å². The van der Waals surface area contributed by atoms with Crippen LogP contribution in [0.4, 0.5) is 0 Å². The number of aryl methyl sites for hydroxylation is 2. The third-order valence-electron chi connectivity index (χ3n) is 5.28. The highest BCUT2D eigenvalue weighted by molar-refractivity contribution is 6.32. The molecule has 0 radical (unpaired) electrons. The fraction of sp³-hybridized carbons (Fsp3) is 0.423. The molecule has 0 saturated heterocycles. The Labute approximate surface area is 190 Å². The molecule has 0 unspecified atom stereocenters. The molecule has 166 valence electrons. The van der Waals surface area contributed by atoms with Crippen LogP contribution in [0.5, 0.6) is 11.5 Å². The van der Waals surface area contributed by atoms with Crippen molar-refractivity contribution in [3.63, 3.8) is 0 Å². The third kappa shape index (κ3) is 5.62. The van der Waals surface area contributed by atoms with Crippen molar-refractivity contribution in [3.8, 4) is 33.9 Å². The Bertz CT molecular complexity index is 996. The summed E-state index contributed by atoms with van der Waals surface area (Å²) in [6.07, 6.45) is 5.03. The summed E-state index contributed by atoms with van der Waals surface area (Å²) < 4.78 is 17.9. The van der Waals surface area contributed by atoms with Gasteiger partial charge in [-0.05, 0) is 43.4 Å². The molecule has 0 amide bonds. The molecular weight excluding hydrogens is 410 g/mol. The van der Waals surface area contributed by atoms with Crippen LogP contribution in [0.1, 0.15) is 57.7 Å². The molecule has 0 aliphatic carbocycles. The fourth-order valence-electron chi connectivity index (χ4n) is 3.44. The second kappa shape index (κ2) is 11.2. The fourth-order valence-corrected chi connectivity index (χ4v) is 3.65. The largest absolute Gasteiger partial charge is 0.493 e. The minimum Gasteiger partial charge on any atom is -0.493 e. The van der Waals surface area contributed by atoms with Gasteiger partial charge in [-0.1, -0.05) is 74.6 Å². The van der Waals surface area contributed by atoms with Gasteiger partial charge in [0, 0.05) is 6.07 Å². The first-order valence-electron chi connectivity index (χ1n) is 11.2. The van der Waals surface area contributed by atoms with Gasteiger partial charge in [0.15, 0.2) is 5.76 Å². The number of aromatic nitrogens is 1. The van der Waals surface area contributed by atoms with E-state index in [2.05, 4.69) is 50.2 Å². The Balaban J connectivity index is 2.07. The lowest BCUT2D eigenvalue weighted by Gasteiger charge is -2.15. The zero-order valence-electron chi connectivity index (χ0n) is 19.0. The van der Waals surface area contributed by atoms with Gasteiger partial charge in [0.1, 0.15) is 11.5 Å². The SMILES string of the molecule is CCCCOc1cc(OCCCC)c(-c2onc(C)c2-c2cccc(CC)c2)cc1Cl. The van der Waals surface area contributed by atoms with E-state index in [1.807, 2.05) is 19.1 Å². The van der Waals surface area contributed by atoms with Gasteiger partial charge in [0.25, 0.3) is 0 Å². The topological polar surface area (TPSA) is 44.5 Å². The lowest BCUT2D eigenvalue weighted by atomic mass is 9.97. The number of ether oxygens (including phenoxy) is 2. The number of benzene rings is 2. The Morgan fingerprint density at radius 1 is 0.935 bits per heavy atom. The van der Waals surface area contributed by atoms with Crippen molar-refractivity contribution in [2.45, 2.75) is 59.8 Å². The summed E-state index contributed by atoms with van der Waals surface area (Å²) in [5, 5.41) is 4.81. The zero-order chi connectivity index (χ0) is 22.2. The maximum absolute atomic E-state index is 6.60. The second-order valence-corrected chi connectivity index (χ2v) is 8.12. The van der Waals surface area contributed by atoms with E-state index >= 15 is 0 Å². The summed E-state index contributed by atoms with van der Waals surface area (Å²) in [5.74, 6) is 2.00. The number of halogens is 1. The molecule has 0 atom stereocenters. The first kappa shape index (κ1) is 23.2. The van der Waals surface area contributed by atoms with Crippen LogP contribution in [0.3, 0.4) is 0 Å². The molecule has 0 aliphatic rings. The molecule has 31 heavy (non-hydrogen) atoms. The highest BCUT2D eigenvalue weighted by Crippen LogP contribution is 2.43. The number of unbranched alkanes of at least 4 members (excludes halogenated alkanes) is 2. The molecule has 0 N–H and O–H groups in total. The van der Waals surface area contributed by atoms with E-state index in [9.17, 15) is 0 Å². The summed E-state index contributed by atoms with van der Waals surface area (Å²) in [4.78, 5) is 0. The Morgan fingerprint density at radius 2 is 1.65 bits per heavy atom. The molecule has 4 nitrogen and oxygen atoms in total. The van der Waals surface area contributed by atoms with E-state index in [0.717, 1.165) is 54.5 Å². The van der Waals surface area contributed by atoms with Crippen LogP contribution in [-0.4, -0.2) is 18.4 Å². The normalized spacial score (nSPS) is 11.0. The predicted molar refractivity (Wildman–Crippen MR) is 127 cm³/mol. The van der Waals surface area contributed by atoms with E-state index in [4.69, 9.17) is 25.6 Å². The van der Waals surface area contributed by atoms with Crippen LogP contribution in [0.2, 0.25) is 5.02 Å². The third-order valence-corrected chi connectivity index (χ3v) is 5.57. The molecule has 3 rings (SSSR count). The quantitative estimate of drug-likeness (QED) is 0.284. The Kier molecular flexibility index (Phi) is 8.42. The van der Waals surface area contributed by atoms with Gasteiger partial charge in [0.2, 0.25) is 0 Å². The molecule has 5 heteroatoms. The van der Waals surface area contributed by atoms with Gasteiger partial charge in [0.05, 0.1) is 35.1 Å². The second-order valence-electron chi connectivity index (χ2n) is 7.71. The molecule has 0 saturated carbocycles. The minimum atomic E-state index is 0.538. The number of hydrogen-bond donors (Lipinski definition) is 0. The number of hydrogen-bond acceptors (Lipinski definition) is 4. The molecule has 0 spiro atoms. The van der Waals surface area contributed by atoms with Crippen molar-refractivity contribution >= 4 is 11.6 Å². The molecule has 0 aliphatic heterocycles. The van der Waals surface area contributed by atoms with Gasteiger partial charge < -0.3 is 14.0 Å². The molecular formula is C26H32ClNO3. The van der Waals surface area contributed by atoms with Crippen molar-refractivity contribution in [2.75, 3.05) is 13.2 Å². The Hall–Kier alpha value is -2.46. The lowest BCUT2D eigenvalue weighted by molar-refractivity contribution is 0.294. The van der Waals surface area contributed by atoms with Crippen molar-refractivity contribution in [1.82, 2.24) is 5.16 Å². The van der Waals surface area contributed by atoms with Crippen LogP contribution < -0.4 is 9.47 Å². The van der Waals surface area contributed by atoms with E-state index in [1.165, 1.54) is 5.56 Å². The summed E-state index contributed by atoms with van der Waals surface area (Å²) in [5.41, 5.74) is 4.93. The average molecular weight is 442 g/mol. The summed E-state index contributed by atoms with van der Waals surface area (Å²) in [6.45, 7) is 9.63. The average Bonchev–Trinajstić information content (AvgIpc) is 3.17.